The van der Waals surface area contributed by atoms with Crippen LogP contribution in [0, 0.1) is 0 Å². The molecule has 1 fully saturated rings. The second-order valence-electron chi connectivity index (χ2n) is 8.11. The number of hydrogen-bond acceptors (Lipinski definition) is 6. The number of carboxylic acid groups (broad SMARTS) is 1. The molecular formula is C24H26F3N5O4. The Morgan fingerprint density at radius 1 is 1.03 bits per heavy atom. The molecule has 1 amide bonds. The average molecular weight is 505 g/mol. The van der Waals surface area contributed by atoms with Gasteiger partial charge in [-0.1, -0.05) is 25.1 Å². The largest absolute Gasteiger partial charge is 0.490 e. The first kappa shape index (κ1) is 26.6. The van der Waals surface area contributed by atoms with E-state index in [1.54, 1.807) is 25.4 Å². The fourth-order valence-electron chi connectivity index (χ4n) is 3.98. The van der Waals surface area contributed by atoms with Crippen LogP contribution in [0.15, 0.2) is 42.9 Å². The van der Waals surface area contributed by atoms with Crippen molar-refractivity contribution in [1.29, 1.82) is 0 Å². The number of carbonyl (C=O) groups excluding carboxylic acids is 2. The highest BCUT2D eigenvalue weighted by Gasteiger charge is 2.38. The number of hydrogen-bond donors (Lipinski definition) is 1. The van der Waals surface area contributed by atoms with Crippen LogP contribution in [-0.2, 0) is 22.6 Å². The molecule has 192 valence electrons. The summed E-state index contributed by atoms with van der Waals surface area (Å²) in [5.41, 5.74) is 2.81. The standard InChI is InChI=1S/C22H25N5O2.C2HF3O2/c1-3-17-6-4-7-18-19(16(2)28)14-27(21(17)18)15-20(29)25-10-12-26(13-11-25)22-23-8-5-9-24-22;3-2(4,5)1(6)7/h4-9,14H,3,10-13,15H2,1-2H3;(H,6,7). The number of aryl methyl sites for hydroxylation is 1. The number of nitrogens with zero attached hydrogens (tertiary/aromatic N) is 5. The lowest BCUT2D eigenvalue weighted by atomic mass is 10.1. The minimum absolute atomic E-state index is 0.0194. The predicted molar refractivity (Wildman–Crippen MR) is 126 cm³/mol. The maximum absolute atomic E-state index is 13.0. The summed E-state index contributed by atoms with van der Waals surface area (Å²) >= 11 is 0. The van der Waals surface area contributed by atoms with Gasteiger partial charge in [-0.15, -0.1) is 0 Å². The summed E-state index contributed by atoms with van der Waals surface area (Å²) in [6.45, 7) is 6.59. The third-order valence-corrected chi connectivity index (χ3v) is 5.76. The Morgan fingerprint density at radius 2 is 1.64 bits per heavy atom. The van der Waals surface area contributed by atoms with Gasteiger partial charge in [0.25, 0.3) is 0 Å². The molecule has 0 atom stereocenters. The van der Waals surface area contributed by atoms with Crippen LogP contribution < -0.4 is 4.90 Å². The molecule has 3 heterocycles. The van der Waals surface area contributed by atoms with Crippen LogP contribution in [0.3, 0.4) is 0 Å². The molecule has 4 rings (SSSR count). The average Bonchev–Trinajstić information content (AvgIpc) is 3.23. The van der Waals surface area contributed by atoms with E-state index in [2.05, 4.69) is 27.9 Å². The smallest absolute Gasteiger partial charge is 0.475 e. The van der Waals surface area contributed by atoms with Gasteiger partial charge in [0.05, 0.1) is 5.52 Å². The summed E-state index contributed by atoms with van der Waals surface area (Å²) in [6.07, 6.45) is 1.06. The van der Waals surface area contributed by atoms with Gasteiger partial charge in [-0.2, -0.15) is 13.2 Å². The number of carboxylic acids is 1. The number of para-hydroxylation sites is 1. The van der Waals surface area contributed by atoms with Crippen molar-refractivity contribution >= 4 is 34.5 Å². The maximum Gasteiger partial charge on any atom is 0.490 e. The van der Waals surface area contributed by atoms with Gasteiger partial charge in [-0.3, -0.25) is 9.59 Å². The third-order valence-electron chi connectivity index (χ3n) is 5.76. The number of halogens is 3. The molecule has 9 nitrogen and oxygen atoms in total. The zero-order chi connectivity index (χ0) is 26.5. The number of ketones is 1. The Balaban J connectivity index is 0.000000454. The topological polar surface area (TPSA) is 109 Å². The molecule has 0 radical (unpaired) electrons. The van der Waals surface area contributed by atoms with Crippen LogP contribution in [-0.4, -0.2) is 74.6 Å². The van der Waals surface area contributed by atoms with Crippen molar-refractivity contribution < 1.29 is 32.7 Å². The van der Waals surface area contributed by atoms with E-state index in [9.17, 15) is 22.8 Å². The maximum atomic E-state index is 13.0. The number of rotatable bonds is 5. The Labute approximate surface area is 205 Å². The van der Waals surface area contributed by atoms with E-state index in [1.165, 1.54) is 0 Å². The fourth-order valence-corrected chi connectivity index (χ4v) is 3.98. The second kappa shape index (κ2) is 11.2. The molecular weight excluding hydrogens is 479 g/mol. The third kappa shape index (κ3) is 6.18. The van der Waals surface area contributed by atoms with Crippen LogP contribution in [0.5, 0.6) is 0 Å². The van der Waals surface area contributed by atoms with Gasteiger partial charge in [-0.25, -0.2) is 14.8 Å². The molecule has 1 aromatic carbocycles. The van der Waals surface area contributed by atoms with Gasteiger partial charge < -0.3 is 19.5 Å². The molecule has 3 aromatic rings. The number of aromatic nitrogens is 3. The minimum atomic E-state index is -5.08. The second-order valence-corrected chi connectivity index (χ2v) is 8.11. The molecule has 0 aliphatic carbocycles. The lowest BCUT2D eigenvalue weighted by molar-refractivity contribution is -0.192. The first-order chi connectivity index (χ1) is 17.0. The van der Waals surface area contributed by atoms with Crippen molar-refractivity contribution in [2.24, 2.45) is 0 Å². The van der Waals surface area contributed by atoms with Crippen molar-refractivity contribution in [3.8, 4) is 0 Å². The summed E-state index contributed by atoms with van der Waals surface area (Å²) in [5.74, 6) is -1.97. The summed E-state index contributed by atoms with van der Waals surface area (Å²) in [5, 5.41) is 8.05. The van der Waals surface area contributed by atoms with Crippen molar-refractivity contribution in [3.05, 3.63) is 54.0 Å². The highest BCUT2D eigenvalue weighted by molar-refractivity contribution is 6.07. The minimum Gasteiger partial charge on any atom is -0.475 e. The molecule has 36 heavy (non-hydrogen) atoms. The molecule has 1 N–H and O–H groups in total. The number of alkyl halides is 3. The Kier molecular flexibility index (Phi) is 8.28. The van der Waals surface area contributed by atoms with Crippen LogP contribution in [0.2, 0.25) is 0 Å². The number of Topliss-reactive ketones (excluding diaryl/α,β-unsaturated/α-hetero) is 1. The zero-order valence-corrected chi connectivity index (χ0v) is 19.8. The van der Waals surface area contributed by atoms with E-state index in [1.807, 2.05) is 27.8 Å². The van der Waals surface area contributed by atoms with E-state index >= 15 is 0 Å². The normalized spacial score (nSPS) is 13.8. The van der Waals surface area contributed by atoms with E-state index in [0.29, 0.717) is 37.7 Å². The summed E-state index contributed by atoms with van der Waals surface area (Å²) < 4.78 is 33.7. The molecule has 12 heteroatoms. The Bertz CT molecular complexity index is 1240. The first-order valence-electron chi connectivity index (χ1n) is 11.2. The van der Waals surface area contributed by atoms with Crippen LogP contribution in [0.25, 0.3) is 10.9 Å². The zero-order valence-electron chi connectivity index (χ0n) is 19.8. The van der Waals surface area contributed by atoms with Gasteiger partial charge >= 0.3 is 12.1 Å². The number of anilines is 1. The Hall–Kier alpha value is -3.96. The fraction of sp³-hybridized carbons (Fsp3) is 0.375. The van der Waals surface area contributed by atoms with Gasteiger partial charge in [0.1, 0.15) is 6.54 Å². The molecule has 1 aliphatic heterocycles. The number of fused-ring (bicyclic) bond motifs is 1. The summed E-state index contributed by atoms with van der Waals surface area (Å²) in [7, 11) is 0. The number of benzene rings is 1. The van der Waals surface area contributed by atoms with Crippen molar-refractivity contribution in [1.82, 2.24) is 19.4 Å². The predicted octanol–water partition coefficient (Wildman–Crippen LogP) is 3.18. The molecule has 0 saturated carbocycles. The van der Waals surface area contributed by atoms with E-state index < -0.39 is 12.1 Å². The van der Waals surface area contributed by atoms with Crippen molar-refractivity contribution in [2.45, 2.75) is 33.0 Å². The first-order valence-corrected chi connectivity index (χ1v) is 11.2. The van der Waals surface area contributed by atoms with Gasteiger partial charge in [0, 0.05) is 55.7 Å². The monoisotopic (exact) mass is 505 g/mol. The van der Waals surface area contributed by atoms with Crippen LogP contribution in [0.4, 0.5) is 19.1 Å². The number of carbonyl (C=O) groups is 3. The lowest BCUT2D eigenvalue weighted by Crippen LogP contribution is -2.50. The lowest BCUT2D eigenvalue weighted by Gasteiger charge is -2.34. The molecule has 0 unspecified atom stereocenters. The van der Waals surface area contributed by atoms with E-state index in [0.717, 1.165) is 22.9 Å². The summed E-state index contributed by atoms with van der Waals surface area (Å²) in [6, 6.07) is 7.80. The molecule has 0 spiro atoms. The summed E-state index contributed by atoms with van der Waals surface area (Å²) in [4.78, 5) is 46.6. The van der Waals surface area contributed by atoms with Crippen molar-refractivity contribution in [2.75, 3.05) is 31.1 Å². The molecule has 2 aromatic heterocycles. The van der Waals surface area contributed by atoms with E-state index in [4.69, 9.17) is 9.90 Å². The highest BCUT2D eigenvalue weighted by Crippen LogP contribution is 2.26. The van der Waals surface area contributed by atoms with Crippen LogP contribution >= 0.6 is 0 Å². The van der Waals surface area contributed by atoms with Gasteiger partial charge in [0.15, 0.2) is 5.78 Å². The van der Waals surface area contributed by atoms with Crippen molar-refractivity contribution in [3.63, 3.8) is 0 Å². The molecule has 0 bridgehead atoms. The van der Waals surface area contributed by atoms with E-state index in [-0.39, 0.29) is 18.2 Å². The number of piperazine rings is 1. The SMILES string of the molecule is CCc1cccc2c(C(C)=O)cn(CC(=O)N3CCN(c4ncccn4)CC3)c12.O=C(O)C(F)(F)F. The van der Waals surface area contributed by atoms with Gasteiger partial charge in [0.2, 0.25) is 11.9 Å². The number of aliphatic carboxylic acids is 1. The number of amides is 1. The molecule has 1 aliphatic rings. The van der Waals surface area contributed by atoms with Crippen LogP contribution in [0.1, 0.15) is 29.8 Å². The molecule has 1 saturated heterocycles. The quantitative estimate of drug-likeness (QED) is 0.531. The van der Waals surface area contributed by atoms with Gasteiger partial charge in [-0.05, 0) is 25.0 Å². The Morgan fingerprint density at radius 3 is 2.17 bits per heavy atom. The highest BCUT2D eigenvalue weighted by atomic mass is 19.4.